The molecule has 0 spiro atoms. The van der Waals surface area contributed by atoms with Crippen molar-refractivity contribution >= 4 is 0 Å². The minimum Gasteiger partial charge on any atom is -0.390 e. The molecule has 1 atom stereocenters. The van der Waals surface area contributed by atoms with Crippen molar-refractivity contribution in [3.05, 3.63) is 23.3 Å². The van der Waals surface area contributed by atoms with E-state index in [0.29, 0.717) is 11.6 Å². The SMILES string of the molecule is COC(c1nc(C)cc(CO)n1)C1CCCCC1. The Hall–Kier alpha value is -1.00. The highest BCUT2D eigenvalue weighted by atomic mass is 16.5. The number of rotatable bonds is 4. The third kappa shape index (κ3) is 3.06. The molecule has 0 bridgehead atoms. The van der Waals surface area contributed by atoms with Gasteiger partial charge in [0.1, 0.15) is 6.10 Å². The second-order valence-electron chi connectivity index (χ2n) is 5.07. The van der Waals surface area contributed by atoms with E-state index in [4.69, 9.17) is 4.74 Å². The van der Waals surface area contributed by atoms with Crippen LogP contribution >= 0.6 is 0 Å². The van der Waals surface area contributed by atoms with E-state index in [0.717, 1.165) is 11.5 Å². The first-order valence-corrected chi connectivity index (χ1v) is 6.72. The van der Waals surface area contributed by atoms with Crippen LogP contribution in [0.25, 0.3) is 0 Å². The molecule has 1 N–H and O–H groups in total. The number of methoxy groups -OCH3 is 1. The van der Waals surface area contributed by atoms with Gasteiger partial charge in [-0.1, -0.05) is 19.3 Å². The Bertz CT molecular complexity index is 389. The Labute approximate surface area is 108 Å². The van der Waals surface area contributed by atoms with Gasteiger partial charge < -0.3 is 9.84 Å². The van der Waals surface area contributed by atoms with Crippen LogP contribution in [0, 0.1) is 12.8 Å². The van der Waals surface area contributed by atoms with Crippen LogP contribution in [0.1, 0.15) is 55.4 Å². The van der Waals surface area contributed by atoms with Gasteiger partial charge in [0.2, 0.25) is 0 Å². The van der Waals surface area contributed by atoms with Gasteiger partial charge in [0.05, 0.1) is 12.3 Å². The Kier molecular flexibility index (Phi) is 4.66. The molecule has 4 heteroatoms. The predicted molar refractivity (Wildman–Crippen MR) is 69.0 cm³/mol. The first kappa shape index (κ1) is 13.4. The summed E-state index contributed by atoms with van der Waals surface area (Å²) in [5.41, 5.74) is 1.57. The molecule has 0 saturated heterocycles. The average molecular weight is 250 g/mol. The van der Waals surface area contributed by atoms with Crippen LogP contribution in [0.15, 0.2) is 6.07 Å². The molecule has 1 unspecified atom stereocenters. The molecule has 0 radical (unpaired) electrons. The van der Waals surface area contributed by atoms with E-state index < -0.39 is 0 Å². The molecular weight excluding hydrogens is 228 g/mol. The van der Waals surface area contributed by atoms with Gasteiger partial charge in [-0.15, -0.1) is 0 Å². The fourth-order valence-electron chi connectivity index (χ4n) is 2.81. The Morgan fingerprint density at radius 1 is 1.33 bits per heavy atom. The zero-order chi connectivity index (χ0) is 13.0. The van der Waals surface area contributed by atoms with Gasteiger partial charge >= 0.3 is 0 Å². The van der Waals surface area contributed by atoms with E-state index in [2.05, 4.69) is 9.97 Å². The number of aryl methyl sites for hydroxylation is 1. The van der Waals surface area contributed by atoms with Crippen molar-refractivity contribution in [3.63, 3.8) is 0 Å². The highest BCUT2D eigenvalue weighted by molar-refractivity contribution is 5.11. The Balaban J connectivity index is 2.22. The first-order valence-electron chi connectivity index (χ1n) is 6.72. The minimum absolute atomic E-state index is 0.0319. The van der Waals surface area contributed by atoms with Crippen LogP contribution in [-0.2, 0) is 11.3 Å². The zero-order valence-corrected chi connectivity index (χ0v) is 11.2. The number of ether oxygens (including phenoxy) is 1. The molecule has 1 aromatic rings. The molecule has 2 rings (SSSR count). The molecule has 18 heavy (non-hydrogen) atoms. The van der Waals surface area contributed by atoms with Crippen molar-refractivity contribution in [2.75, 3.05) is 7.11 Å². The summed E-state index contributed by atoms with van der Waals surface area (Å²) in [6, 6.07) is 1.82. The summed E-state index contributed by atoms with van der Waals surface area (Å²) < 4.78 is 5.62. The Morgan fingerprint density at radius 3 is 2.67 bits per heavy atom. The minimum atomic E-state index is -0.0442. The van der Waals surface area contributed by atoms with Gasteiger partial charge in [-0.2, -0.15) is 0 Å². The number of nitrogens with zero attached hydrogens (tertiary/aromatic N) is 2. The van der Waals surface area contributed by atoms with Gasteiger partial charge in [-0.25, -0.2) is 9.97 Å². The number of aliphatic hydroxyl groups is 1. The van der Waals surface area contributed by atoms with Gasteiger partial charge in [-0.05, 0) is 31.7 Å². The summed E-state index contributed by atoms with van der Waals surface area (Å²) >= 11 is 0. The molecule has 4 nitrogen and oxygen atoms in total. The summed E-state index contributed by atoms with van der Waals surface area (Å²) in [6.07, 6.45) is 6.19. The highest BCUT2D eigenvalue weighted by Gasteiger charge is 2.27. The number of aromatic nitrogens is 2. The second-order valence-corrected chi connectivity index (χ2v) is 5.07. The molecule has 0 aromatic carbocycles. The number of hydrogen-bond donors (Lipinski definition) is 1. The molecule has 100 valence electrons. The van der Waals surface area contributed by atoms with Crippen molar-refractivity contribution < 1.29 is 9.84 Å². The standard InChI is InChI=1S/C14H22N2O2/c1-10-8-12(9-17)16-14(15-10)13(18-2)11-6-4-3-5-7-11/h8,11,13,17H,3-7,9H2,1-2H3. The van der Waals surface area contributed by atoms with Crippen LogP contribution in [0.4, 0.5) is 0 Å². The first-order chi connectivity index (χ1) is 8.74. The van der Waals surface area contributed by atoms with E-state index in [1.807, 2.05) is 13.0 Å². The molecule has 1 aromatic heterocycles. The van der Waals surface area contributed by atoms with Crippen molar-refractivity contribution in [1.82, 2.24) is 9.97 Å². The predicted octanol–water partition coefficient (Wildman–Crippen LogP) is 2.55. The van der Waals surface area contributed by atoms with E-state index >= 15 is 0 Å². The normalized spacial score (nSPS) is 18.8. The largest absolute Gasteiger partial charge is 0.390 e. The lowest BCUT2D eigenvalue weighted by Gasteiger charge is -2.28. The summed E-state index contributed by atoms with van der Waals surface area (Å²) in [4.78, 5) is 8.89. The fraction of sp³-hybridized carbons (Fsp3) is 0.714. The summed E-state index contributed by atoms with van der Waals surface area (Å²) in [7, 11) is 1.73. The second kappa shape index (κ2) is 6.25. The van der Waals surface area contributed by atoms with Crippen molar-refractivity contribution in [3.8, 4) is 0 Å². The van der Waals surface area contributed by atoms with Crippen LogP contribution in [0.2, 0.25) is 0 Å². The van der Waals surface area contributed by atoms with Crippen LogP contribution in [-0.4, -0.2) is 22.2 Å². The summed E-state index contributed by atoms with van der Waals surface area (Å²) in [5.74, 6) is 1.24. The smallest absolute Gasteiger partial charge is 0.157 e. The third-order valence-electron chi connectivity index (χ3n) is 3.67. The van der Waals surface area contributed by atoms with Gasteiger partial charge in [0, 0.05) is 12.8 Å². The lowest BCUT2D eigenvalue weighted by molar-refractivity contribution is 0.0284. The lowest BCUT2D eigenvalue weighted by Crippen LogP contribution is -2.21. The molecular formula is C14H22N2O2. The van der Waals surface area contributed by atoms with Crippen molar-refractivity contribution in [2.24, 2.45) is 5.92 Å². The maximum absolute atomic E-state index is 9.22. The van der Waals surface area contributed by atoms with Crippen molar-refractivity contribution in [2.45, 2.75) is 51.7 Å². The third-order valence-corrected chi connectivity index (χ3v) is 3.67. The maximum atomic E-state index is 9.22. The van der Waals surface area contributed by atoms with Gasteiger partial charge in [-0.3, -0.25) is 0 Å². The Morgan fingerprint density at radius 2 is 2.06 bits per heavy atom. The van der Waals surface area contributed by atoms with E-state index in [1.54, 1.807) is 7.11 Å². The topological polar surface area (TPSA) is 55.2 Å². The monoisotopic (exact) mass is 250 g/mol. The molecule has 1 saturated carbocycles. The molecule has 0 amide bonds. The van der Waals surface area contributed by atoms with E-state index in [-0.39, 0.29) is 12.7 Å². The molecule has 0 aliphatic heterocycles. The van der Waals surface area contributed by atoms with Crippen molar-refractivity contribution in [1.29, 1.82) is 0 Å². The average Bonchev–Trinajstić information content (AvgIpc) is 2.40. The molecule has 1 heterocycles. The highest BCUT2D eigenvalue weighted by Crippen LogP contribution is 2.35. The van der Waals surface area contributed by atoms with Crippen LogP contribution in [0.5, 0.6) is 0 Å². The number of hydrogen-bond acceptors (Lipinski definition) is 4. The van der Waals surface area contributed by atoms with Crippen LogP contribution < -0.4 is 0 Å². The van der Waals surface area contributed by atoms with Gasteiger partial charge in [0.15, 0.2) is 5.82 Å². The van der Waals surface area contributed by atoms with E-state index in [1.165, 1.54) is 32.1 Å². The lowest BCUT2D eigenvalue weighted by atomic mass is 9.85. The maximum Gasteiger partial charge on any atom is 0.157 e. The fourth-order valence-corrected chi connectivity index (χ4v) is 2.81. The zero-order valence-electron chi connectivity index (χ0n) is 11.2. The summed E-state index contributed by atoms with van der Waals surface area (Å²) in [5, 5.41) is 9.22. The molecule has 1 aliphatic carbocycles. The summed E-state index contributed by atoms with van der Waals surface area (Å²) in [6.45, 7) is 1.88. The van der Waals surface area contributed by atoms with Gasteiger partial charge in [0.25, 0.3) is 0 Å². The number of aliphatic hydroxyl groups excluding tert-OH is 1. The van der Waals surface area contributed by atoms with E-state index in [9.17, 15) is 5.11 Å². The quantitative estimate of drug-likeness (QED) is 0.892. The van der Waals surface area contributed by atoms with Crippen LogP contribution in [0.3, 0.4) is 0 Å². The molecule has 1 aliphatic rings. The molecule has 1 fully saturated rings.